The monoisotopic (exact) mass is 212 g/mol. The molecule has 0 radical (unpaired) electrons. The summed E-state index contributed by atoms with van der Waals surface area (Å²) in [6.07, 6.45) is 0. The number of aromatic hydroxyl groups is 1. The molecule has 0 spiro atoms. The molecule has 0 unspecified atom stereocenters. The second kappa shape index (κ2) is 2.58. The van der Waals surface area contributed by atoms with Crippen LogP contribution in [0.15, 0.2) is 22.7 Å². The van der Waals surface area contributed by atoms with Gasteiger partial charge in [-0.1, -0.05) is 27.5 Å². The van der Waals surface area contributed by atoms with Crippen LogP contribution in [-0.2, 0) is 0 Å². The lowest BCUT2D eigenvalue weighted by molar-refractivity contribution is 0.475. The molecular formula is C6H4BrClO. The van der Waals surface area contributed by atoms with Gasteiger partial charge >= 0.3 is 0 Å². The van der Waals surface area contributed by atoms with E-state index in [2.05, 4.69) is 15.9 Å². The zero-order valence-corrected chi connectivity index (χ0v) is 6.78. The van der Waals surface area contributed by atoms with Crippen LogP contribution in [0.4, 0.5) is 0 Å². The Kier molecular flexibility index (Phi) is 1.98. The Hall–Kier alpha value is -0.210. The van der Waals surface area contributed by atoms with Crippen molar-refractivity contribution in [2.75, 3.05) is 0 Å². The summed E-state index contributed by atoms with van der Waals surface area (Å²) in [4.78, 5) is 0. The van der Waals surface area contributed by atoms with Crippen molar-refractivity contribution in [3.63, 3.8) is 0 Å². The van der Waals surface area contributed by atoms with Crippen molar-refractivity contribution in [2.24, 2.45) is 0 Å². The normalized spacial score (nSPS) is 9.56. The van der Waals surface area contributed by atoms with Crippen molar-refractivity contribution in [1.82, 2.24) is 0 Å². The molecule has 0 heterocycles. The molecule has 1 rings (SSSR count). The number of phenols is 1. The molecule has 1 nitrogen and oxygen atoms in total. The first kappa shape index (κ1) is 6.90. The van der Waals surface area contributed by atoms with E-state index < -0.39 is 0 Å². The van der Waals surface area contributed by atoms with E-state index in [1.54, 1.807) is 12.1 Å². The van der Waals surface area contributed by atoms with E-state index in [0.29, 0.717) is 5.02 Å². The van der Waals surface area contributed by atoms with E-state index >= 15 is 0 Å². The van der Waals surface area contributed by atoms with Gasteiger partial charge < -0.3 is 5.11 Å². The summed E-state index contributed by atoms with van der Waals surface area (Å²) >= 11 is 8.73. The van der Waals surface area contributed by atoms with Crippen molar-refractivity contribution in [1.29, 1.82) is 0 Å². The number of hydrogen-bond donors (Lipinski definition) is 1. The first-order valence-electron chi connectivity index (χ1n) is 2.34. The van der Waals surface area contributed by atoms with Crippen LogP contribution in [0.5, 0.6) is 5.75 Å². The van der Waals surface area contributed by atoms with Crippen molar-refractivity contribution in [3.05, 3.63) is 27.7 Å². The maximum atomic E-state index is 8.89. The van der Waals surface area contributed by atoms with Gasteiger partial charge in [-0.25, -0.2) is 0 Å². The van der Waals surface area contributed by atoms with Crippen LogP contribution in [0.2, 0.25) is 5.02 Å². The highest BCUT2D eigenvalue weighted by molar-refractivity contribution is 9.10. The Bertz CT molecular complexity index is 224. The topological polar surface area (TPSA) is 20.2 Å². The molecule has 0 aromatic heterocycles. The SMILES string of the molecule is O[13c]1[13cH][13cH][13c](Br)[13cH][13c]1Cl. The molecule has 1 aromatic rings. The maximum Gasteiger partial charge on any atom is 0.134 e. The summed E-state index contributed by atoms with van der Waals surface area (Å²) in [7, 11) is 0. The number of hydrogen-bond acceptors (Lipinski definition) is 1. The van der Waals surface area contributed by atoms with E-state index in [1.807, 2.05) is 0 Å². The first-order valence-corrected chi connectivity index (χ1v) is 3.51. The van der Waals surface area contributed by atoms with E-state index in [-0.39, 0.29) is 5.75 Å². The van der Waals surface area contributed by atoms with Gasteiger partial charge in [0.2, 0.25) is 0 Å². The molecule has 0 aliphatic carbocycles. The second-order valence-corrected chi connectivity index (χ2v) is 2.92. The summed E-state index contributed by atoms with van der Waals surface area (Å²) in [6.45, 7) is 0. The molecule has 0 aliphatic rings. The molecule has 0 aliphatic heterocycles. The number of halogens is 2. The standard InChI is InChI=1S/C6H4BrClO/c7-4-1-2-6(9)5(8)3-4/h1-3,9H/i1+1,2+1,3+1,4+1,5+1,6+1. The van der Waals surface area contributed by atoms with Gasteiger partial charge in [0.15, 0.2) is 0 Å². The molecular weight excluding hydrogens is 209 g/mol. The zero-order valence-electron chi connectivity index (χ0n) is 4.44. The lowest BCUT2D eigenvalue weighted by Gasteiger charge is -1.93. The molecule has 0 saturated carbocycles. The Morgan fingerprint density at radius 2 is 2.11 bits per heavy atom. The van der Waals surface area contributed by atoms with E-state index in [0.717, 1.165) is 4.47 Å². The molecule has 1 aromatic carbocycles. The van der Waals surface area contributed by atoms with Crippen LogP contribution in [-0.4, -0.2) is 5.11 Å². The Morgan fingerprint density at radius 1 is 1.44 bits per heavy atom. The molecule has 0 saturated heterocycles. The fourth-order valence-corrected chi connectivity index (χ4v) is 1.15. The van der Waals surface area contributed by atoms with Crippen molar-refractivity contribution >= 4 is 27.5 Å². The minimum absolute atomic E-state index is 0.111. The smallest absolute Gasteiger partial charge is 0.134 e. The number of phenolic OH excluding ortho intramolecular Hbond substituents is 1. The van der Waals surface area contributed by atoms with E-state index in [1.165, 1.54) is 6.07 Å². The molecule has 0 fully saturated rings. The van der Waals surface area contributed by atoms with E-state index in [9.17, 15) is 0 Å². The maximum absolute atomic E-state index is 8.89. The summed E-state index contributed by atoms with van der Waals surface area (Å²) in [5, 5.41) is 9.26. The van der Waals surface area contributed by atoms with Crippen molar-refractivity contribution in [2.45, 2.75) is 0 Å². The minimum atomic E-state index is 0.111. The highest BCUT2D eigenvalue weighted by Gasteiger charge is 1.95. The molecule has 3 heteroatoms. The van der Waals surface area contributed by atoms with E-state index in [4.69, 9.17) is 16.7 Å². The van der Waals surface area contributed by atoms with Gasteiger partial charge in [0.1, 0.15) is 5.75 Å². The molecule has 0 bridgehead atoms. The Balaban J connectivity index is 3.17. The fourth-order valence-electron chi connectivity index (χ4n) is 0.481. The predicted octanol–water partition coefficient (Wildman–Crippen LogP) is 2.81. The summed E-state index contributed by atoms with van der Waals surface area (Å²) in [5.41, 5.74) is 0. The zero-order chi connectivity index (χ0) is 6.85. The average Bonchev–Trinajstić information content (AvgIpc) is 1.80. The molecule has 48 valence electrons. The fraction of sp³-hybridized carbons (Fsp3) is 0. The van der Waals surface area contributed by atoms with Gasteiger partial charge in [-0.05, 0) is 18.2 Å². The molecule has 9 heavy (non-hydrogen) atoms. The van der Waals surface area contributed by atoms with Crippen LogP contribution in [0.3, 0.4) is 0 Å². The minimum Gasteiger partial charge on any atom is -0.506 e. The predicted molar refractivity (Wildman–Crippen MR) is 40.8 cm³/mol. The highest BCUT2D eigenvalue weighted by atomic mass is 79.9. The average molecular weight is 213 g/mol. The summed E-state index contributed by atoms with van der Waals surface area (Å²) in [6, 6.07) is 4.89. The Labute approximate surface area is 66.4 Å². The molecule has 1 N–H and O–H groups in total. The van der Waals surface area contributed by atoms with Gasteiger partial charge in [0.25, 0.3) is 0 Å². The van der Waals surface area contributed by atoms with Gasteiger partial charge in [-0.2, -0.15) is 0 Å². The van der Waals surface area contributed by atoms with Crippen molar-refractivity contribution in [3.8, 4) is 5.75 Å². The summed E-state index contributed by atoms with van der Waals surface area (Å²) in [5.74, 6) is 0.111. The van der Waals surface area contributed by atoms with Gasteiger partial charge in [0, 0.05) is 4.47 Å². The summed E-state index contributed by atoms with van der Waals surface area (Å²) < 4.78 is 0.866. The lowest BCUT2D eigenvalue weighted by Crippen LogP contribution is -1.66. The Morgan fingerprint density at radius 3 is 2.56 bits per heavy atom. The van der Waals surface area contributed by atoms with Crippen molar-refractivity contribution < 1.29 is 5.11 Å². The lowest BCUT2D eigenvalue weighted by atomic mass is 11.3. The third-order valence-corrected chi connectivity index (χ3v) is 1.71. The van der Waals surface area contributed by atoms with Crippen LogP contribution in [0, 0.1) is 0 Å². The van der Waals surface area contributed by atoms with Gasteiger partial charge in [-0.15, -0.1) is 0 Å². The highest BCUT2D eigenvalue weighted by Crippen LogP contribution is 2.25. The van der Waals surface area contributed by atoms with Crippen LogP contribution in [0.25, 0.3) is 0 Å². The molecule has 0 amide bonds. The molecule has 0 atom stereocenters. The number of rotatable bonds is 0. The van der Waals surface area contributed by atoms with Crippen LogP contribution in [0.1, 0.15) is 0 Å². The van der Waals surface area contributed by atoms with Crippen LogP contribution >= 0.6 is 27.5 Å². The second-order valence-electron chi connectivity index (χ2n) is 1.60. The van der Waals surface area contributed by atoms with Gasteiger partial charge in [-0.3, -0.25) is 0 Å². The third kappa shape index (κ3) is 1.60. The van der Waals surface area contributed by atoms with Gasteiger partial charge in [0.05, 0.1) is 5.02 Å². The third-order valence-electron chi connectivity index (χ3n) is 0.910. The van der Waals surface area contributed by atoms with Crippen LogP contribution < -0.4 is 0 Å². The largest absolute Gasteiger partial charge is 0.506 e. The first-order chi connectivity index (χ1) is 4.20. The quantitative estimate of drug-likeness (QED) is 0.702. The number of benzene rings is 1.